The molecule has 0 saturated carbocycles. The molecule has 0 heterocycles. The highest BCUT2D eigenvalue weighted by Gasteiger charge is 2.36. The molecule has 0 aliphatic carbocycles. The van der Waals surface area contributed by atoms with Crippen LogP contribution in [0, 0.1) is 5.92 Å². The van der Waals surface area contributed by atoms with Crippen LogP contribution in [0.15, 0.2) is 30.3 Å². The van der Waals surface area contributed by atoms with E-state index in [1.54, 1.807) is 31.2 Å². The Morgan fingerprint density at radius 1 is 1.24 bits per heavy atom. The van der Waals surface area contributed by atoms with Gasteiger partial charge in [0.05, 0.1) is 0 Å². The van der Waals surface area contributed by atoms with E-state index < -0.39 is 11.4 Å². The van der Waals surface area contributed by atoms with Gasteiger partial charge in [0.2, 0.25) is 5.91 Å². The maximum atomic E-state index is 12.0. The van der Waals surface area contributed by atoms with Crippen LogP contribution in [0.2, 0.25) is 0 Å². The van der Waals surface area contributed by atoms with Gasteiger partial charge < -0.3 is 11.1 Å². The topological polar surface area (TPSA) is 72.2 Å². The zero-order valence-electron chi connectivity index (χ0n) is 10.4. The van der Waals surface area contributed by atoms with E-state index in [4.69, 9.17) is 5.73 Å². The molecule has 92 valence electrons. The lowest BCUT2D eigenvalue weighted by molar-refractivity contribution is -0.125. The number of benzene rings is 1. The Labute approximate surface area is 101 Å². The first kappa shape index (κ1) is 13.2. The third-order valence-electron chi connectivity index (χ3n) is 3.08. The molecular formula is C13H18N2O2. The van der Waals surface area contributed by atoms with E-state index in [9.17, 15) is 9.59 Å². The van der Waals surface area contributed by atoms with Gasteiger partial charge in [-0.1, -0.05) is 32.0 Å². The number of amides is 2. The van der Waals surface area contributed by atoms with Gasteiger partial charge in [0.25, 0.3) is 5.91 Å². The molecule has 0 aliphatic heterocycles. The second kappa shape index (κ2) is 4.99. The maximum Gasteiger partial charge on any atom is 0.252 e. The molecule has 1 rings (SSSR count). The van der Waals surface area contributed by atoms with Crippen molar-refractivity contribution in [3.8, 4) is 0 Å². The average molecular weight is 234 g/mol. The first-order chi connectivity index (χ1) is 7.88. The first-order valence-corrected chi connectivity index (χ1v) is 5.55. The number of primary amides is 1. The van der Waals surface area contributed by atoms with E-state index in [1.165, 1.54) is 0 Å². The highest BCUT2D eigenvalue weighted by Crippen LogP contribution is 2.16. The van der Waals surface area contributed by atoms with Crippen LogP contribution in [0.1, 0.15) is 31.1 Å². The monoisotopic (exact) mass is 234 g/mol. The quantitative estimate of drug-likeness (QED) is 0.824. The van der Waals surface area contributed by atoms with Gasteiger partial charge in [0, 0.05) is 5.56 Å². The Bertz CT molecular complexity index is 415. The number of hydrogen-bond donors (Lipinski definition) is 2. The van der Waals surface area contributed by atoms with Crippen molar-refractivity contribution in [1.82, 2.24) is 5.32 Å². The molecule has 3 N–H and O–H groups in total. The third kappa shape index (κ3) is 2.84. The third-order valence-corrected chi connectivity index (χ3v) is 3.08. The number of carbonyl (C=O) groups excluding carboxylic acids is 2. The number of nitrogens with one attached hydrogen (secondary N) is 1. The molecule has 1 atom stereocenters. The predicted octanol–water partition coefficient (Wildman–Crippen LogP) is 1.32. The standard InChI is InChI=1S/C13H18N2O2/c1-9(2)13(3,12(14)17)15-11(16)10-7-5-4-6-8-10/h4-9H,1-3H3,(H2,14,17)(H,15,16). The van der Waals surface area contributed by atoms with Gasteiger partial charge in [-0.2, -0.15) is 0 Å². The van der Waals surface area contributed by atoms with Crippen molar-refractivity contribution in [1.29, 1.82) is 0 Å². The Morgan fingerprint density at radius 3 is 2.18 bits per heavy atom. The zero-order chi connectivity index (χ0) is 13.1. The van der Waals surface area contributed by atoms with Crippen molar-refractivity contribution in [3.05, 3.63) is 35.9 Å². The van der Waals surface area contributed by atoms with E-state index in [1.807, 2.05) is 19.9 Å². The lowest BCUT2D eigenvalue weighted by atomic mass is 9.87. The molecule has 1 aromatic rings. The number of carbonyl (C=O) groups is 2. The predicted molar refractivity (Wildman–Crippen MR) is 66.3 cm³/mol. The van der Waals surface area contributed by atoms with E-state index in [0.717, 1.165) is 0 Å². The van der Waals surface area contributed by atoms with Gasteiger partial charge in [-0.25, -0.2) is 0 Å². The highest BCUT2D eigenvalue weighted by atomic mass is 16.2. The lowest BCUT2D eigenvalue weighted by Crippen LogP contribution is -2.58. The Kier molecular flexibility index (Phi) is 3.89. The molecule has 0 fully saturated rings. The van der Waals surface area contributed by atoms with Crippen LogP contribution < -0.4 is 11.1 Å². The maximum absolute atomic E-state index is 12.0. The van der Waals surface area contributed by atoms with Crippen molar-refractivity contribution >= 4 is 11.8 Å². The summed E-state index contributed by atoms with van der Waals surface area (Å²) in [5, 5.41) is 2.70. The minimum absolute atomic E-state index is 0.0762. The van der Waals surface area contributed by atoms with E-state index >= 15 is 0 Å². The summed E-state index contributed by atoms with van der Waals surface area (Å²) in [4.78, 5) is 23.4. The minimum atomic E-state index is -1.03. The van der Waals surface area contributed by atoms with Crippen molar-refractivity contribution in [3.63, 3.8) is 0 Å². The van der Waals surface area contributed by atoms with E-state index in [2.05, 4.69) is 5.32 Å². The number of nitrogens with two attached hydrogens (primary N) is 1. The van der Waals surface area contributed by atoms with Crippen LogP contribution in [0.3, 0.4) is 0 Å². The smallest absolute Gasteiger partial charge is 0.252 e. The van der Waals surface area contributed by atoms with Crippen molar-refractivity contribution in [2.24, 2.45) is 11.7 Å². The number of hydrogen-bond acceptors (Lipinski definition) is 2. The van der Waals surface area contributed by atoms with Crippen molar-refractivity contribution < 1.29 is 9.59 Å². The second-order valence-corrected chi connectivity index (χ2v) is 4.54. The fourth-order valence-electron chi connectivity index (χ4n) is 1.39. The van der Waals surface area contributed by atoms with Gasteiger partial charge in [0.15, 0.2) is 0 Å². The molecule has 1 unspecified atom stereocenters. The van der Waals surface area contributed by atoms with E-state index in [0.29, 0.717) is 5.56 Å². The Balaban J connectivity index is 2.90. The van der Waals surface area contributed by atoms with Crippen molar-refractivity contribution in [2.45, 2.75) is 26.3 Å². The molecule has 2 amide bonds. The van der Waals surface area contributed by atoms with E-state index in [-0.39, 0.29) is 11.8 Å². The highest BCUT2D eigenvalue weighted by molar-refractivity contribution is 5.98. The summed E-state index contributed by atoms with van der Waals surface area (Å²) in [5.74, 6) is -0.898. The first-order valence-electron chi connectivity index (χ1n) is 5.55. The van der Waals surface area contributed by atoms with Gasteiger partial charge >= 0.3 is 0 Å². The summed E-state index contributed by atoms with van der Waals surface area (Å²) < 4.78 is 0. The summed E-state index contributed by atoms with van der Waals surface area (Å²) in [6.07, 6.45) is 0. The molecule has 4 nitrogen and oxygen atoms in total. The van der Waals surface area contributed by atoms with Gasteiger partial charge in [-0.15, -0.1) is 0 Å². The fourth-order valence-corrected chi connectivity index (χ4v) is 1.39. The minimum Gasteiger partial charge on any atom is -0.368 e. The fraction of sp³-hybridized carbons (Fsp3) is 0.385. The summed E-state index contributed by atoms with van der Waals surface area (Å²) in [6.45, 7) is 5.33. The van der Waals surface area contributed by atoms with Gasteiger partial charge in [-0.05, 0) is 25.0 Å². The number of rotatable bonds is 4. The molecule has 0 radical (unpaired) electrons. The van der Waals surface area contributed by atoms with Crippen LogP contribution in [0.5, 0.6) is 0 Å². The van der Waals surface area contributed by atoms with Crippen LogP contribution in [-0.2, 0) is 4.79 Å². The Hall–Kier alpha value is -1.84. The summed E-state index contributed by atoms with van der Waals surface area (Å²) in [7, 11) is 0. The average Bonchev–Trinajstić information content (AvgIpc) is 2.29. The molecule has 0 bridgehead atoms. The largest absolute Gasteiger partial charge is 0.368 e. The van der Waals surface area contributed by atoms with Crippen LogP contribution in [0.4, 0.5) is 0 Å². The molecule has 0 spiro atoms. The molecule has 4 heteroatoms. The van der Waals surface area contributed by atoms with Crippen LogP contribution in [0.25, 0.3) is 0 Å². The van der Waals surface area contributed by atoms with Crippen LogP contribution in [-0.4, -0.2) is 17.4 Å². The molecule has 1 aromatic carbocycles. The molecule has 17 heavy (non-hydrogen) atoms. The van der Waals surface area contributed by atoms with Gasteiger partial charge in [-0.3, -0.25) is 9.59 Å². The molecule has 0 aromatic heterocycles. The Morgan fingerprint density at radius 2 is 1.76 bits per heavy atom. The zero-order valence-corrected chi connectivity index (χ0v) is 10.4. The van der Waals surface area contributed by atoms with Gasteiger partial charge in [0.1, 0.15) is 5.54 Å². The second-order valence-electron chi connectivity index (χ2n) is 4.54. The van der Waals surface area contributed by atoms with Crippen molar-refractivity contribution in [2.75, 3.05) is 0 Å². The molecule has 0 saturated heterocycles. The normalized spacial score (nSPS) is 14.1. The molecular weight excluding hydrogens is 216 g/mol. The summed E-state index contributed by atoms with van der Waals surface area (Å²) in [5.41, 5.74) is 4.82. The SMILES string of the molecule is CC(C)C(C)(NC(=O)c1ccccc1)C(N)=O. The summed E-state index contributed by atoms with van der Waals surface area (Å²) in [6, 6.07) is 8.75. The lowest BCUT2D eigenvalue weighted by Gasteiger charge is -2.31. The van der Waals surface area contributed by atoms with Crippen LogP contribution >= 0.6 is 0 Å². The molecule has 0 aliphatic rings. The summed E-state index contributed by atoms with van der Waals surface area (Å²) >= 11 is 0.